The second kappa shape index (κ2) is 9.04. The highest BCUT2D eigenvalue weighted by molar-refractivity contribution is 5.72. The van der Waals surface area contributed by atoms with Crippen LogP contribution in [-0.4, -0.2) is 18.2 Å². The highest BCUT2D eigenvalue weighted by Gasteiger charge is 2.33. The van der Waals surface area contributed by atoms with Gasteiger partial charge in [-0.25, -0.2) is 4.39 Å². The maximum absolute atomic E-state index is 13.6. The summed E-state index contributed by atoms with van der Waals surface area (Å²) in [6, 6.07) is 0. The van der Waals surface area contributed by atoms with Crippen LogP contribution in [0.5, 0.6) is 0 Å². The molecule has 0 aromatic rings. The molecular weight excluding hydrogens is 336 g/mol. The molecule has 0 saturated heterocycles. The summed E-state index contributed by atoms with van der Waals surface area (Å²) in [6.07, 6.45) is 2.52. The summed E-state index contributed by atoms with van der Waals surface area (Å²) >= 11 is 0. The third-order valence-electron chi connectivity index (χ3n) is 5.53. The van der Waals surface area contributed by atoms with Crippen molar-refractivity contribution in [3.8, 4) is 0 Å². The Bertz CT molecular complexity index is 457. The van der Waals surface area contributed by atoms with Gasteiger partial charge in [-0.3, -0.25) is 4.79 Å². The van der Waals surface area contributed by atoms with Gasteiger partial charge in [-0.2, -0.15) is 13.2 Å². The van der Waals surface area contributed by atoms with Crippen molar-refractivity contribution < 1.29 is 27.1 Å². The van der Waals surface area contributed by atoms with Crippen molar-refractivity contribution in [1.82, 2.24) is 0 Å². The van der Waals surface area contributed by atoms with Gasteiger partial charge in [0.25, 0.3) is 0 Å². The Hall–Kier alpha value is -1.07. The summed E-state index contributed by atoms with van der Waals surface area (Å²) < 4.78 is 55.8. The van der Waals surface area contributed by atoms with E-state index in [9.17, 15) is 22.4 Å². The third-order valence-corrected chi connectivity index (χ3v) is 5.53. The molecule has 2 aliphatic rings. The van der Waals surface area contributed by atoms with Gasteiger partial charge in [-0.05, 0) is 57.3 Å². The quantitative estimate of drug-likeness (QED) is 0.434. The Labute approximate surface area is 147 Å². The number of hydrogen-bond donors (Lipinski definition) is 0. The van der Waals surface area contributed by atoms with Crippen LogP contribution in [0.4, 0.5) is 17.6 Å². The number of esters is 1. The van der Waals surface area contributed by atoms with Crippen LogP contribution in [0, 0.1) is 17.8 Å². The lowest BCUT2D eigenvalue weighted by molar-refractivity contribution is -0.157. The molecule has 2 saturated carbocycles. The number of hydrogen-bond acceptors (Lipinski definition) is 2. The Morgan fingerprint density at radius 2 is 1.56 bits per heavy atom. The molecule has 6 heteroatoms. The number of ether oxygens (including phenoxy) is 1. The molecule has 0 aromatic carbocycles. The van der Waals surface area contributed by atoms with Gasteiger partial charge in [-0.15, -0.1) is 0 Å². The average molecular weight is 364 g/mol. The minimum Gasteiger partial charge on any atom is -0.462 e. The molecule has 2 rings (SSSR count). The average Bonchev–Trinajstić information content (AvgIpc) is 2.55. The SMILES string of the molecule is CCCC1CCC(C(=O)OC2CCC(/C(F)=C/C(F)(F)F)CC2)CC1. The smallest absolute Gasteiger partial charge is 0.412 e. The maximum Gasteiger partial charge on any atom is 0.412 e. The van der Waals surface area contributed by atoms with Crippen LogP contribution < -0.4 is 0 Å². The predicted molar refractivity (Wildman–Crippen MR) is 87.4 cm³/mol. The standard InChI is InChI=1S/C19H28F4O2/c1-2-3-13-4-6-15(7-5-13)18(24)25-16-10-8-14(9-11-16)17(20)12-19(21,22)23/h12-16H,2-11H2,1H3/b17-12-. The van der Waals surface area contributed by atoms with E-state index < -0.39 is 17.9 Å². The van der Waals surface area contributed by atoms with Crippen LogP contribution in [0.15, 0.2) is 11.9 Å². The lowest BCUT2D eigenvalue weighted by atomic mass is 9.80. The molecule has 0 atom stereocenters. The van der Waals surface area contributed by atoms with Crippen LogP contribution in [0.1, 0.15) is 71.1 Å². The third kappa shape index (κ3) is 6.63. The topological polar surface area (TPSA) is 26.3 Å². The van der Waals surface area contributed by atoms with Crippen LogP contribution in [0.2, 0.25) is 0 Å². The number of carbonyl (C=O) groups is 1. The zero-order valence-electron chi connectivity index (χ0n) is 14.8. The van der Waals surface area contributed by atoms with Crippen molar-refractivity contribution in [2.75, 3.05) is 0 Å². The second-order valence-electron chi connectivity index (χ2n) is 7.49. The zero-order chi connectivity index (χ0) is 18.4. The van der Waals surface area contributed by atoms with E-state index in [1.165, 1.54) is 12.8 Å². The van der Waals surface area contributed by atoms with Crippen LogP contribution in [-0.2, 0) is 9.53 Å². The fourth-order valence-corrected chi connectivity index (χ4v) is 4.09. The van der Waals surface area contributed by atoms with Gasteiger partial charge in [0.15, 0.2) is 0 Å². The Morgan fingerprint density at radius 3 is 2.08 bits per heavy atom. The molecule has 2 fully saturated rings. The first kappa shape index (κ1) is 20.2. The minimum atomic E-state index is -4.62. The van der Waals surface area contributed by atoms with Gasteiger partial charge in [0.2, 0.25) is 0 Å². The van der Waals surface area contributed by atoms with Crippen LogP contribution in [0.3, 0.4) is 0 Å². The zero-order valence-corrected chi connectivity index (χ0v) is 14.8. The molecule has 2 nitrogen and oxygen atoms in total. The molecule has 0 spiro atoms. The molecule has 2 aliphatic carbocycles. The number of allylic oxidation sites excluding steroid dienone is 2. The van der Waals surface area contributed by atoms with Crippen molar-refractivity contribution in [2.24, 2.45) is 17.8 Å². The molecule has 0 aromatic heterocycles. The van der Waals surface area contributed by atoms with Gasteiger partial charge >= 0.3 is 12.1 Å². The number of rotatable bonds is 5. The molecule has 0 radical (unpaired) electrons. The molecule has 144 valence electrons. The van der Waals surface area contributed by atoms with E-state index in [2.05, 4.69) is 6.92 Å². The largest absolute Gasteiger partial charge is 0.462 e. The van der Waals surface area contributed by atoms with E-state index in [0.29, 0.717) is 31.6 Å². The molecule has 0 bridgehead atoms. The summed E-state index contributed by atoms with van der Waals surface area (Å²) in [5, 5.41) is 0. The summed E-state index contributed by atoms with van der Waals surface area (Å²) in [5.41, 5.74) is 0. The highest BCUT2D eigenvalue weighted by atomic mass is 19.4. The van der Waals surface area contributed by atoms with Gasteiger partial charge in [0.1, 0.15) is 11.9 Å². The van der Waals surface area contributed by atoms with Crippen molar-refractivity contribution >= 4 is 5.97 Å². The number of alkyl halides is 3. The Kier molecular flexibility index (Phi) is 7.32. The van der Waals surface area contributed by atoms with E-state index in [1.54, 1.807) is 0 Å². The Morgan fingerprint density at radius 1 is 1.00 bits per heavy atom. The molecule has 25 heavy (non-hydrogen) atoms. The van der Waals surface area contributed by atoms with E-state index >= 15 is 0 Å². The van der Waals surface area contributed by atoms with Gasteiger partial charge in [0.05, 0.1) is 12.0 Å². The van der Waals surface area contributed by atoms with E-state index in [4.69, 9.17) is 4.74 Å². The predicted octanol–water partition coefficient (Wildman–Crippen LogP) is 6.11. The maximum atomic E-state index is 13.6. The highest BCUT2D eigenvalue weighted by Crippen LogP contribution is 2.36. The summed E-state index contributed by atoms with van der Waals surface area (Å²) in [7, 11) is 0. The molecule has 0 aliphatic heterocycles. The molecule has 0 unspecified atom stereocenters. The lowest BCUT2D eigenvalue weighted by Crippen LogP contribution is -2.30. The van der Waals surface area contributed by atoms with E-state index in [-0.39, 0.29) is 24.1 Å². The van der Waals surface area contributed by atoms with Gasteiger partial charge < -0.3 is 4.74 Å². The first-order chi connectivity index (χ1) is 11.8. The summed E-state index contributed by atoms with van der Waals surface area (Å²) in [5.74, 6) is -1.32. The van der Waals surface area contributed by atoms with Crippen LogP contribution in [0.25, 0.3) is 0 Å². The summed E-state index contributed by atoms with van der Waals surface area (Å²) in [4.78, 5) is 12.3. The minimum absolute atomic E-state index is 0.0484. The lowest BCUT2D eigenvalue weighted by Gasteiger charge is -2.31. The van der Waals surface area contributed by atoms with Crippen molar-refractivity contribution in [2.45, 2.75) is 83.4 Å². The van der Waals surface area contributed by atoms with E-state index in [1.807, 2.05) is 0 Å². The molecular formula is C19H28F4O2. The number of carbonyl (C=O) groups excluding carboxylic acids is 1. The fourth-order valence-electron chi connectivity index (χ4n) is 4.09. The van der Waals surface area contributed by atoms with Crippen LogP contribution >= 0.6 is 0 Å². The van der Waals surface area contributed by atoms with Gasteiger partial charge in [-0.1, -0.05) is 19.8 Å². The fraction of sp³-hybridized carbons (Fsp3) is 0.842. The Balaban J connectivity index is 1.73. The van der Waals surface area contributed by atoms with Crippen molar-refractivity contribution in [3.05, 3.63) is 11.9 Å². The van der Waals surface area contributed by atoms with Crippen molar-refractivity contribution in [3.63, 3.8) is 0 Å². The molecule has 0 N–H and O–H groups in total. The first-order valence-electron chi connectivity index (χ1n) is 9.44. The monoisotopic (exact) mass is 364 g/mol. The number of halogens is 4. The molecule has 0 amide bonds. The van der Waals surface area contributed by atoms with Crippen molar-refractivity contribution in [1.29, 1.82) is 0 Å². The molecule has 0 heterocycles. The summed E-state index contributed by atoms with van der Waals surface area (Å²) in [6.45, 7) is 2.17. The normalized spacial score (nSPS) is 31.6. The van der Waals surface area contributed by atoms with Gasteiger partial charge in [0, 0.05) is 5.92 Å². The first-order valence-corrected chi connectivity index (χ1v) is 9.44. The second-order valence-corrected chi connectivity index (χ2v) is 7.49. The van der Waals surface area contributed by atoms with E-state index in [0.717, 1.165) is 25.7 Å².